The van der Waals surface area contributed by atoms with Gasteiger partial charge in [-0.1, -0.05) is 23.9 Å². The molecule has 2 aromatic carbocycles. The molecule has 4 heteroatoms. The number of aliphatic hydroxyl groups excluding tert-OH is 1. The van der Waals surface area contributed by atoms with Crippen LogP contribution in [0.4, 0.5) is 8.78 Å². The van der Waals surface area contributed by atoms with E-state index in [0.29, 0.717) is 9.79 Å². The van der Waals surface area contributed by atoms with Crippen LogP contribution in [0.1, 0.15) is 18.6 Å². The summed E-state index contributed by atoms with van der Waals surface area (Å²) in [7, 11) is 0. The largest absolute Gasteiger partial charge is 0.389 e. The number of benzene rings is 2. The molecule has 1 N–H and O–H groups in total. The van der Waals surface area contributed by atoms with Crippen LogP contribution in [0.3, 0.4) is 0 Å². The van der Waals surface area contributed by atoms with Gasteiger partial charge in [-0.3, -0.25) is 0 Å². The number of halogens is 2. The lowest BCUT2D eigenvalue weighted by Gasteiger charge is -2.12. The number of aliphatic hydroxyl groups is 1. The van der Waals surface area contributed by atoms with Crippen molar-refractivity contribution in [1.29, 1.82) is 0 Å². The molecule has 0 saturated carbocycles. The Morgan fingerprint density at radius 1 is 1.11 bits per heavy atom. The summed E-state index contributed by atoms with van der Waals surface area (Å²) >= 11 is 1.23. The van der Waals surface area contributed by atoms with Crippen molar-refractivity contribution in [1.82, 2.24) is 0 Å². The highest BCUT2D eigenvalue weighted by molar-refractivity contribution is 7.99. The second-order valence-corrected chi connectivity index (χ2v) is 5.00. The maximum atomic E-state index is 13.6. The molecule has 0 heterocycles. The third-order valence-corrected chi connectivity index (χ3v) is 3.52. The van der Waals surface area contributed by atoms with Crippen LogP contribution in [0.15, 0.2) is 52.3 Å². The first kappa shape index (κ1) is 13.1. The Morgan fingerprint density at radius 3 is 2.50 bits per heavy atom. The van der Waals surface area contributed by atoms with Gasteiger partial charge in [0.25, 0.3) is 0 Å². The lowest BCUT2D eigenvalue weighted by Crippen LogP contribution is -1.98. The molecule has 2 rings (SSSR count). The lowest BCUT2D eigenvalue weighted by atomic mass is 10.1. The molecule has 0 fully saturated rings. The van der Waals surface area contributed by atoms with Gasteiger partial charge in [0, 0.05) is 15.4 Å². The quantitative estimate of drug-likeness (QED) is 0.899. The maximum Gasteiger partial charge on any atom is 0.130 e. The minimum Gasteiger partial charge on any atom is -0.389 e. The summed E-state index contributed by atoms with van der Waals surface area (Å²) in [5.41, 5.74) is 0.242. The monoisotopic (exact) mass is 266 g/mol. The minimum atomic E-state index is -0.901. The molecule has 0 radical (unpaired) electrons. The second kappa shape index (κ2) is 5.50. The molecule has 2 aromatic rings. The Hall–Kier alpha value is -1.39. The molecule has 0 aliphatic heterocycles. The van der Waals surface area contributed by atoms with Crippen molar-refractivity contribution in [2.24, 2.45) is 0 Å². The van der Waals surface area contributed by atoms with Crippen LogP contribution in [0.5, 0.6) is 0 Å². The molecule has 0 saturated heterocycles. The summed E-state index contributed by atoms with van der Waals surface area (Å²) in [5.74, 6) is -0.790. The van der Waals surface area contributed by atoms with Crippen LogP contribution in [-0.2, 0) is 0 Å². The summed E-state index contributed by atoms with van der Waals surface area (Å²) < 4.78 is 26.7. The van der Waals surface area contributed by atoms with Crippen LogP contribution in [0.2, 0.25) is 0 Å². The van der Waals surface area contributed by atoms with Crippen molar-refractivity contribution in [2.45, 2.75) is 22.8 Å². The molecule has 0 unspecified atom stereocenters. The Bertz CT molecular complexity index is 555. The molecule has 18 heavy (non-hydrogen) atoms. The highest BCUT2D eigenvalue weighted by atomic mass is 32.2. The molecule has 0 aromatic heterocycles. The van der Waals surface area contributed by atoms with E-state index in [0.717, 1.165) is 0 Å². The first-order chi connectivity index (χ1) is 8.58. The van der Waals surface area contributed by atoms with Gasteiger partial charge in [0.1, 0.15) is 11.6 Å². The molecule has 0 aliphatic rings. The first-order valence-electron chi connectivity index (χ1n) is 5.48. The van der Waals surface area contributed by atoms with E-state index in [9.17, 15) is 13.9 Å². The van der Waals surface area contributed by atoms with Gasteiger partial charge in [-0.05, 0) is 37.3 Å². The third-order valence-electron chi connectivity index (χ3n) is 2.45. The normalized spacial score (nSPS) is 12.4. The maximum absolute atomic E-state index is 13.6. The van der Waals surface area contributed by atoms with Crippen LogP contribution in [0.25, 0.3) is 0 Å². The standard InChI is InChI=1S/C14H12F2OS/c1-9(17)14-12(16)6-3-7-13(14)18-11-5-2-4-10(15)8-11/h2-9,17H,1H3/t9-/m1/s1. The predicted molar refractivity (Wildman–Crippen MR) is 67.6 cm³/mol. The smallest absolute Gasteiger partial charge is 0.130 e. The van der Waals surface area contributed by atoms with E-state index in [1.54, 1.807) is 24.3 Å². The zero-order valence-electron chi connectivity index (χ0n) is 9.73. The van der Waals surface area contributed by atoms with Gasteiger partial charge < -0.3 is 5.11 Å². The van der Waals surface area contributed by atoms with Crippen molar-refractivity contribution < 1.29 is 13.9 Å². The zero-order chi connectivity index (χ0) is 13.1. The Kier molecular flexibility index (Phi) is 3.99. The Morgan fingerprint density at radius 2 is 1.83 bits per heavy atom. The van der Waals surface area contributed by atoms with Crippen LogP contribution >= 0.6 is 11.8 Å². The topological polar surface area (TPSA) is 20.2 Å². The van der Waals surface area contributed by atoms with E-state index >= 15 is 0 Å². The summed E-state index contributed by atoms with van der Waals surface area (Å²) in [6, 6.07) is 10.7. The van der Waals surface area contributed by atoms with Gasteiger partial charge in [-0.15, -0.1) is 0 Å². The molecule has 0 spiro atoms. The van der Waals surface area contributed by atoms with Gasteiger partial charge in [0.2, 0.25) is 0 Å². The zero-order valence-corrected chi connectivity index (χ0v) is 10.5. The number of hydrogen-bond donors (Lipinski definition) is 1. The minimum absolute atomic E-state index is 0.242. The fourth-order valence-electron chi connectivity index (χ4n) is 1.67. The van der Waals surface area contributed by atoms with E-state index in [1.807, 2.05) is 0 Å². The predicted octanol–water partition coefficient (Wildman–Crippen LogP) is 4.17. The van der Waals surface area contributed by atoms with Crippen molar-refractivity contribution in [2.75, 3.05) is 0 Å². The molecule has 0 bridgehead atoms. The SMILES string of the molecule is C[C@@H](O)c1c(F)cccc1Sc1cccc(F)c1. The van der Waals surface area contributed by atoms with Crippen LogP contribution in [-0.4, -0.2) is 5.11 Å². The van der Waals surface area contributed by atoms with Gasteiger partial charge in [0.15, 0.2) is 0 Å². The fourth-order valence-corrected chi connectivity index (χ4v) is 2.77. The van der Waals surface area contributed by atoms with Crippen molar-refractivity contribution in [3.8, 4) is 0 Å². The molecule has 1 atom stereocenters. The van der Waals surface area contributed by atoms with E-state index in [-0.39, 0.29) is 11.4 Å². The Balaban J connectivity index is 2.37. The fraction of sp³-hybridized carbons (Fsp3) is 0.143. The van der Waals surface area contributed by atoms with Crippen LogP contribution in [0, 0.1) is 11.6 Å². The van der Waals surface area contributed by atoms with Crippen molar-refractivity contribution in [3.05, 3.63) is 59.7 Å². The molecule has 1 nitrogen and oxygen atoms in total. The highest BCUT2D eigenvalue weighted by Crippen LogP contribution is 2.34. The summed E-state index contributed by atoms with van der Waals surface area (Å²) in [6.45, 7) is 1.51. The molecule has 0 aliphatic carbocycles. The lowest BCUT2D eigenvalue weighted by molar-refractivity contribution is 0.191. The molecular formula is C14H12F2OS. The first-order valence-corrected chi connectivity index (χ1v) is 6.29. The second-order valence-electron chi connectivity index (χ2n) is 3.89. The van der Waals surface area contributed by atoms with Gasteiger partial charge in [0.05, 0.1) is 6.10 Å². The van der Waals surface area contributed by atoms with Crippen molar-refractivity contribution >= 4 is 11.8 Å². The highest BCUT2D eigenvalue weighted by Gasteiger charge is 2.14. The number of rotatable bonds is 3. The van der Waals surface area contributed by atoms with E-state index in [4.69, 9.17) is 0 Å². The average molecular weight is 266 g/mol. The van der Waals surface area contributed by atoms with Gasteiger partial charge in [-0.2, -0.15) is 0 Å². The third kappa shape index (κ3) is 2.89. The van der Waals surface area contributed by atoms with Gasteiger partial charge in [-0.25, -0.2) is 8.78 Å². The molecule has 94 valence electrons. The average Bonchev–Trinajstić information content (AvgIpc) is 2.28. The summed E-state index contributed by atoms with van der Waals surface area (Å²) in [6.07, 6.45) is -0.901. The molecular weight excluding hydrogens is 254 g/mol. The van der Waals surface area contributed by atoms with Gasteiger partial charge >= 0.3 is 0 Å². The summed E-state index contributed by atoms with van der Waals surface area (Å²) in [5, 5.41) is 9.59. The van der Waals surface area contributed by atoms with E-state index in [2.05, 4.69) is 0 Å². The van der Waals surface area contributed by atoms with Crippen LogP contribution < -0.4 is 0 Å². The molecule has 0 amide bonds. The summed E-state index contributed by atoms with van der Waals surface area (Å²) in [4.78, 5) is 1.26. The van der Waals surface area contributed by atoms with Crippen molar-refractivity contribution in [3.63, 3.8) is 0 Å². The van der Waals surface area contributed by atoms with E-state index in [1.165, 1.54) is 36.9 Å². The Labute approximate surface area is 108 Å². The number of hydrogen-bond acceptors (Lipinski definition) is 2. The van der Waals surface area contributed by atoms with E-state index < -0.39 is 11.9 Å².